The molecule has 1 N–H and O–H groups in total. The smallest absolute Gasteiger partial charge is 0.223 e. The average molecular weight is 285 g/mol. The third-order valence-electron chi connectivity index (χ3n) is 3.47. The molecule has 1 rings (SSSR count). The Hall–Kier alpha value is -0.480. The van der Waals surface area contributed by atoms with E-state index in [1.807, 2.05) is 35.7 Å². The van der Waals surface area contributed by atoms with Gasteiger partial charge in [0.1, 0.15) is 0 Å². The topological polar surface area (TPSA) is 40.5 Å². The van der Waals surface area contributed by atoms with Crippen molar-refractivity contribution in [2.45, 2.75) is 58.1 Å². The monoisotopic (exact) mass is 285 g/mol. The van der Waals surface area contributed by atoms with E-state index in [2.05, 4.69) is 6.92 Å². The largest absolute Gasteiger partial charge is 0.389 e. The van der Waals surface area contributed by atoms with Crippen molar-refractivity contribution in [3.05, 3.63) is 12.2 Å². The molecule has 4 heteroatoms. The maximum absolute atomic E-state index is 11.8. The summed E-state index contributed by atoms with van der Waals surface area (Å²) in [5.41, 5.74) is 0. The second-order valence-electron chi connectivity index (χ2n) is 5.02. The third kappa shape index (κ3) is 6.00. The van der Waals surface area contributed by atoms with Crippen molar-refractivity contribution in [2.75, 3.05) is 18.1 Å². The van der Waals surface area contributed by atoms with Crippen LogP contribution in [0.2, 0.25) is 0 Å². The fourth-order valence-electron chi connectivity index (χ4n) is 2.15. The SMILES string of the molecule is CCCCSCCN1C(=O)CC[C@@H]1/C=C/[C@@H](O)CC. The minimum Gasteiger partial charge on any atom is -0.389 e. The first-order valence-corrected chi connectivity index (χ1v) is 8.58. The molecule has 1 aliphatic rings. The van der Waals surface area contributed by atoms with Crippen LogP contribution in [-0.4, -0.2) is 46.1 Å². The lowest BCUT2D eigenvalue weighted by molar-refractivity contribution is -0.128. The van der Waals surface area contributed by atoms with Crippen molar-refractivity contribution in [1.29, 1.82) is 0 Å². The molecular weight excluding hydrogens is 258 g/mol. The molecule has 110 valence electrons. The van der Waals surface area contributed by atoms with E-state index in [1.165, 1.54) is 18.6 Å². The van der Waals surface area contributed by atoms with Crippen molar-refractivity contribution in [3.8, 4) is 0 Å². The standard InChI is InChI=1S/C15H27NO2S/c1-3-5-11-19-12-10-16-13(7-9-15(16)18)6-8-14(17)4-2/h6,8,13-14,17H,3-5,7,9-12H2,1-2H3/b8-6+/t13-,14-/m0/s1. The zero-order valence-electron chi connectivity index (χ0n) is 12.2. The van der Waals surface area contributed by atoms with Crippen LogP contribution in [0.5, 0.6) is 0 Å². The average Bonchev–Trinajstić information content (AvgIpc) is 2.77. The highest BCUT2D eigenvalue weighted by atomic mass is 32.2. The quantitative estimate of drug-likeness (QED) is 0.523. The van der Waals surface area contributed by atoms with Crippen LogP contribution >= 0.6 is 11.8 Å². The second kappa shape index (κ2) is 9.43. The minimum absolute atomic E-state index is 0.195. The molecule has 19 heavy (non-hydrogen) atoms. The zero-order valence-corrected chi connectivity index (χ0v) is 13.0. The van der Waals surface area contributed by atoms with E-state index in [9.17, 15) is 9.90 Å². The number of hydrogen-bond donors (Lipinski definition) is 1. The predicted molar refractivity (Wildman–Crippen MR) is 82.4 cm³/mol. The van der Waals surface area contributed by atoms with Gasteiger partial charge in [0.05, 0.1) is 12.1 Å². The van der Waals surface area contributed by atoms with Gasteiger partial charge in [-0.3, -0.25) is 4.79 Å². The number of rotatable bonds is 9. The van der Waals surface area contributed by atoms with E-state index in [0.29, 0.717) is 6.42 Å². The molecular formula is C15H27NO2S. The van der Waals surface area contributed by atoms with Crippen LogP contribution in [0.3, 0.4) is 0 Å². The van der Waals surface area contributed by atoms with Gasteiger partial charge >= 0.3 is 0 Å². The van der Waals surface area contributed by atoms with Gasteiger partial charge in [-0.05, 0) is 25.0 Å². The van der Waals surface area contributed by atoms with Gasteiger partial charge in [-0.1, -0.05) is 32.4 Å². The van der Waals surface area contributed by atoms with Crippen LogP contribution in [0, 0.1) is 0 Å². The second-order valence-corrected chi connectivity index (χ2v) is 6.24. The number of nitrogens with zero attached hydrogens (tertiary/aromatic N) is 1. The number of thioether (sulfide) groups is 1. The molecule has 0 aromatic rings. The summed E-state index contributed by atoms with van der Waals surface area (Å²) in [5, 5.41) is 9.55. The number of hydrogen-bond acceptors (Lipinski definition) is 3. The number of carbonyl (C=O) groups excluding carboxylic acids is 1. The number of carbonyl (C=O) groups is 1. The molecule has 0 unspecified atom stereocenters. The van der Waals surface area contributed by atoms with E-state index in [-0.39, 0.29) is 18.1 Å². The summed E-state index contributed by atoms with van der Waals surface area (Å²) in [4.78, 5) is 13.8. The molecule has 0 saturated carbocycles. The highest BCUT2D eigenvalue weighted by Crippen LogP contribution is 2.20. The summed E-state index contributed by atoms with van der Waals surface area (Å²) in [6.45, 7) is 4.99. The Kier molecular flexibility index (Phi) is 8.22. The fourth-order valence-corrected chi connectivity index (χ4v) is 3.17. The Balaban J connectivity index is 2.35. The first-order chi connectivity index (χ1) is 9.19. The molecule has 1 saturated heterocycles. The van der Waals surface area contributed by atoms with Gasteiger partial charge in [-0.25, -0.2) is 0 Å². The van der Waals surface area contributed by atoms with Crippen molar-refractivity contribution >= 4 is 17.7 Å². The molecule has 2 atom stereocenters. The number of amides is 1. The van der Waals surface area contributed by atoms with Gasteiger partial charge in [0.2, 0.25) is 5.91 Å². The van der Waals surface area contributed by atoms with Crippen LogP contribution in [0.1, 0.15) is 46.0 Å². The van der Waals surface area contributed by atoms with Gasteiger partial charge < -0.3 is 10.0 Å². The fraction of sp³-hybridized carbons (Fsp3) is 0.800. The van der Waals surface area contributed by atoms with E-state index >= 15 is 0 Å². The molecule has 0 aromatic heterocycles. The van der Waals surface area contributed by atoms with Gasteiger partial charge in [0, 0.05) is 18.7 Å². The predicted octanol–water partition coefficient (Wildman–Crippen LogP) is 2.84. The maximum atomic E-state index is 11.8. The van der Waals surface area contributed by atoms with Crippen LogP contribution in [0.4, 0.5) is 0 Å². The molecule has 0 radical (unpaired) electrons. The van der Waals surface area contributed by atoms with Gasteiger partial charge in [0.25, 0.3) is 0 Å². The summed E-state index contributed by atoms with van der Waals surface area (Å²) in [6, 6.07) is 0.195. The molecule has 0 bridgehead atoms. The Bertz CT molecular complexity index is 294. The normalized spacial score (nSPS) is 21.5. The summed E-state index contributed by atoms with van der Waals surface area (Å²) < 4.78 is 0. The summed E-state index contributed by atoms with van der Waals surface area (Å²) >= 11 is 1.93. The maximum Gasteiger partial charge on any atom is 0.223 e. The number of aliphatic hydroxyl groups excluding tert-OH is 1. The number of likely N-dealkylation sites (tertiary alicyclic amines) is 1. The van der Waals surface area contributed by atoms with Crippen LogP contribution in [0.15, 0.2) is 12.2 Å². The lowest BCUT2D eigenvalue weighted by Crippen LogP contribution is -2.34. The van der Waals surface area contributed by atoms with Crippen LogP contribution < -0.4 is 0 Å². The zero-order chi connectivity index (χ0) is 14.1. The highest BCUT2D eigenvalue weighted by Gasteiger charge is 2.28. The Labute approximate surface area is 121 Å². The molecule has 1 fully saturated rings. The lowest BCUT2D eigenvalue weighted by atomic mass is 10.1. The number of aliphatic hydroxyl groups is 1. The van der Waals surface area contributed by atoms with E-state index in [1.54, 1.807) is 0 Å². The molecule has 0 aromatic carbocycles. The van der Waals surface area contributed by atoms with E-state index in [0.717, 1.165) is 25.1 Å². The third-order valence-corrected chi connectivity index (χ3v) is 4.52. The summed E-state index contributed by atoms with van der Waals surface area (Å²) in [7, 11) is 0. The Morgan fingerprint density at radius 2 is 2.26 bits per heavy atom. The summed E-state index contributed by atoms with van der Waals surface area (Å²) in [6.07, 6.45) is 8.22. The van der Waals surface area contributed by atoms with Gasteiger partial charge in [-0.2, -0.15) is 11.8 Å². The first-order valence-electron chi connectivity index (χ1n) is 7.42. The van der Waals surface area contributed by atoms with Crippen LogP contribution in [-0.2, 0) is 4.79 Å². The molecule has 0 spiro atoms. The van der Waals surface area contributed by atoms with Crippen molar-refractivity contribution in [2.24, 2.45) is 0 Å². The molecule has 1 amide bonds. The molecule has 3 nitrogen and oxygen atoms in total. The van der Waals surface area contributed by atoms with Crippen molar-refractivity contribution in [1.82, 2.24) is 4.90 Å². The van der Waals surface area contributed by atoms with E-state index in [4.69, 9.17) is 0 Å². The molecule has 0 aliphatic carbocycles. The van der Waals surface area contributed by atoms with Crippen LogP contribution in [0.25, 0.3) is 0 Å². The Morgan fingerprint density at radius 3 is 2.95 bits per heavy atom. The van der Waals surface area contributed by atoms with Gasteiger partial charge in [-0.15, -0.1) is 0 Å². The summed E-state index contributed by atoms with van der Waals surface area (Å²) in [5.74, 6) is 2.47. The lowest BCUT2D eigenvalue weighted by Gasteiger charge is -2.22. The molecule has 1 aliphatic heterocycles. The minimum atomic E-state index is -0.378. The first kappa shape index (κ1) is 16.6. The van der Waals surface area contributed by atoms with Crippen molar-refractivity contribution < 1.29 is 9.90 Å². The Morgan fingerprint density at radius 1 is 1.47 bits per heavy atom. The van der Waals surface area contributed by atoms with E-state index < -0.39 is 0 Å². The highest BCUT2D eigenvalue weighted by molar-refractivity contribution is 7.99. The molecule has 1 heterocycles. The number of unbranched alkanes of at least 4 members (excludes halogenated alkanes) is 1. The van der Waals surface area contributed by atoms with Crippen molar-refractivity contribution in [3.63, 3.8) is 0 Å². The van der Waals surface area contributed by atoms with Gasteiger partial charge in [0.15, 0.2) is 0 Å².